The summed E-state index contributed by atoms with van der Waals surface area (Å²) in [6.07, 6.45) is 8.44. The van der Waals surface area contributed by atoms with Crippen molar-refractivity contribution in [1.29, 1.82) is 0 Å². The number of carboxylic acids is 1. The van der Waals surface area contributed by atoms with Crippen molar-refractivity contribution in [2.24, 2.45) is 5.92 Å². The summed E-state index contributed by atoms with van der Waals surface area (Å²) in [6, 6.07) is 0. The molecule has 0 rings (SSSR count). The third kappa shape index (κ3) is 13.5. The molecule has 5 heteroatoms. The van der Waals surface area contributed by atoms with Gasteiger partial charge in [0.25, 0.3) is 0 Å². The number of hydrogen-bond acceptors (Lipinski definition) is 3. The summed E-state index contributed by atoms with van der Waals surface area (Å²) in [5, 5.41) is 8.51. The molecule has 0 saturated heterocycles. The minimum absolute atomic E-state index is 0. The zero-order chi connectivity index (χ0) is 12.4. The van der Waals surface area contributed by atoms with Crippen molar-refractivity contribution < 1.29 is 52.1 Å². The summed E-state index contributed by atoms with van der Waals surface area (Å²) in [6.45, 7) is 1.85. The maximum atomic E-state index is 10.7. The summed E-state index contributed by atoms with van der Waals surface area (Å²) >= 11 is 0. The van der Waals surface area contributed by atoms with Crippen molar-refractivity contribution in [2.75, 3.05) is 7.11 Å². The first kappa shape index (κ1) is 18.9. The van der Waals surface area contributed by atoms with Crippen LogP contribution in [-0.2, 0) is 47.0 Å². The molecule has 1 N–H and O–H groups in total. The summed E-state index contributed by atoms with van der Waals surface area (Å²) < 4.78 is 4.47. The third-order valence-electron chi connectivity index (χ3n) is 1.91. The maximum Gasteiger partial charge on any atom is 0.309 e. The molecule has 0 spiro atoms. The normalized spacial score (nSPS) is 12.4. The number of esters is 1. The average molecular weight is 315 g/mol. The first-order valence-corrected chi connectivity index (χ1v) is 5.16. The fourth-order valence-electron chi connectivity index (χ4n) is 1.09. The Bertz CT molecular complexity index is 284. The van der Waals surface area contributed by atoms with Crippen LogP contribution in [0.3, 0.4) is 0 Å². The molecular weight excluding hydrogens is 297 g/mol. The molecule has 0 amide bonds. The number of carboxylic acid groups (broad SMARTS) is 1. The van der Waals surface area contributed by atoms with Crippen LogP contribution in [0.5, 0.6) is 0 Å². The van der Waals surface area contributed by atoms with Crippen LogP contribution < -0.4 is 0 Å². The standard InChI is InChI=1S/C12H18O4.Y/c1-10(9-11(13)14)7-5-3-4-6-8-12(15)16-2;/h4-7,10H,3,8-9H2,1-2H3,(H,13,14);/b6-4+,7-5+;. The third-order valence-corrected chi connectivity index (χ3v) is 1.91. The zero-order valence-electron chi connectivity index (χ0n) is 10.3. The monoisotopic (exact) mass is 315 g/mol. The van der Waals surface area contributed by atoms with Crippen LogP contribution in [0, 0.1) is 5.92 Å². The fourth-order valence-corrected chi connectivity index (χ4v) is 1.09. The summed E-state index contributed by atoms with van der Waals surface area (Å²) in [7, 11) is 1.35. The van der Waals surface area contributed by atoms with Gasteiger partial charge in [0.15, 0.2) is 0 Å². The van der Waals surface area contributed by atoms with E-state index in [4.69, 9.17) is 5.11 Å². The SMILES string of the molecule is COC(=O)C/C=C/C/C=C/C(C)CC(=O)O.[Y]. The number of hydrogen-bond donors (Lipinski definition) is 1. The molecule has 0 aliphatic rings. The predicted octanol–water partition coefficient (Wildman–Crippen LogP) is 2.16. The molecule has 0 bridgehead atoms. The summed E-state index contributed by atoms with van der Waals surface area (Å²) in [4.78, 5) is 21.1. The van der Waals surface area contributed by atoms with E-state index in [9.17, 15) is 9.59 Å². The van der Waals surface area contributed by atoms with E-state index in [1.54, 1.807) is 6.08 Å². The van der Waals surface area contributed by atoms with Crippen molar-refractivity contribution in [3.8, 4) is 0 Å². The van der Waals surface area contributed by atoms with Gasteiger partial charge in [0.2, 0.25) is 0 Å². The molecule has 1 radical (unpaired) electrons. The van der Waals surface area contributed by atoms with Gasteiger partial charge in [-0.05, 0) is 12.3 Å². The van der Waals surface area contributed by atoms with Crippen LogP contribution >= 0.6 is 0 Å². The number of methoxy groups -OCH3 is 1. The van der Waals surface area contributed by atoms with Gasteiger partial charge in [0.05, 0.1) is 20.0 Å². The maximum absolute atomic E-state index is 10.7. The topological polar surface area (TPSA) is 63.6 Å². The van der Waals surface area contributed by atoms with Crippen LogP contribution in [0.2, 0.25) is 0 Å². The van der Waals surface area contributed by atoms with Gasteiger partial charge in [0, 0.05) is 32.7 Å². The van der Waals surface area contributed by atoms with Crippen LogP contribution in [0.4, 0.5) is 0 Å². The van der Waals surface area contributed by atoms with E-state index < -0.39 is 5.97 Å². The van der Waals surface area contributed by atoms with E-state index in [1.807, 2.05) is 25.2 Å². The number of rotatable bonds is 7. The summed E-state index contributed by atoms with van der Waals surface area (Å²) in [5.41, 5.74) is 0. The molecule has 0 aliphatic carbocycles. The Morgan fingerprint density at radius 1 is 1.29 bits per heavy atom. The predicted molar refractivity (Wildman–Crippen MR) is 60.9 cm³/mol. The first-order valence-electron chi connectivity index (χ1n) is 5.16. The Labute approximate surface area is 127 Å². The Morgan fingerprint density at radius 2 is 1.94 bits per heavy atom. The van der Waals surface area contributed by atoms with Gasteiger partial charge in [-0.2, -0.15) is 0 Å². The fraction of sp³-hybridized carbons (Fsp3) is 0.500. The van der Waals surface area contributed by atoms with Crippen molar-refractivity contribution in [2.45, 2.75) is 26.2 Å². The van der Waals surface area contributed by atoms with Crippen LogP contribution in [0.1, 0.15) is 26.2 Å². The zero-order valence-corrected chi connectivity index (χ0v) is 13.1. The Morgan fingerprint density at radius 3 is 2.47 bits per heavy atom. The van der Waals surface area contributed by atoms with E-state index in [1.165, 1.54) is 7.11 Å². The molecule has 4 nitrogen and oxygen atoms in total. The molecule has 0 aromatic heterocycles. The van der Waals surface area contributed by atoms with Gasteiger partial charge < -0.3 is 9.84 Å². The molecule has 17 heavy (non-hydrogen) atoms. The second kappa shape index (κ2) is 12.0. The molecule has 0 aromatic carbocycles. The van der Waals surface area contributed by atoms with E-state index in [0.29, 0.717) is 6.42 Å². The first-order chi connectivity index (χ1) is 7.56. The van der Waals surface area contributed by atoms with E-state index in [2.05, 4.69) is 4.74 Å². The van der Waals surface area contributed by atoms with Crippen molar-refractivity contribution in [3.05, 3.63) is 24.3 Å². The van der Waals surface area contributed by atoms with E-state index >= 15 is 0 Å². The largest absolute Gasteiger partial charge is 0.481 e. The quantitative estimate of drug-likeness (QED) is 0.578. The number of aliphatic carboxylic acids is 1. The molecule has 0 heterocycles. The number of allylic oxidation sites excluding steroid dienone is 3. The van der Waals surface area contributed by atoms with Gasteiger partial charge in [-0.25, -0.2) is 0 Å². The second-order valence-electron chi connectivity index (χ2n) is 3.49. The minimum atomic E-state index is -0.793. The number of carbonyl (C=O) groups excluding carboxylic acids is 1. The molecule has 0 saturated carbocycles. The van der Waals surface area contributed by atoms with E-state index in [0.717, 1.165) is 0 Å². The van der Waals surface area contributed by atoms with Crippen LogP contribution in [-0.4, -0.2) is 24.2 Å². The van der Waals surface area contributed by atoms with E-state index in [-0.39, 0.29) is 57.4 Å². The van der Waals surface area contributed by atoms with Gasteiger partial charge in [-0.15, -0.1) is 0 Å². The van der Waals surface area contributed by atoms with Gasteiger partial charge in [0.1, 0.15) is 0 Å². The number of ether oxygens (including phenoxy) is 1. The molecule has 1 atom stereocenters. The van der Waals surface area contributed by atoms with Crippen molar-refractivity contribution in [3.63, 3.8) is 0 Å². The van der Waals surface area contributed by atoms with Crippen molar-refractivity contribution >= 4 is 11.9 Å². The smallest absolute Gasteiger partial charge is 0.309 e. The Kier molecular flexibility index (Phi) is 13.3. The van der Waals surface area contributed by atoms with Crippen molar-refractivity contribution in [1.82, 2.24) is 0 Å². The van der Waals surface area contributed by atoms with Gasteiger partial charge in [-0.3, -0.25) is 9.59 Å². The molecule has 0 fully saturated rings. The Hall–Kier alpha value is -0.476. The average Bonchev–Trinajstić information content (AvgIpc) is 2.21. The second-order valence-corrected chi connectivity index (χ2v) is 3.49. The Balaban J connectivity index is 0. The van der Waals surface area contributed by atoms with Crippen LogP contribution in [0.15, 0.2) is 24.3 Å². The molecule has 0 aliphatic heterocycles. The van der Waals surface area contributed by atoms with Gasteiger partial charge in [-0.1, -0.05) is 31.2 Å². The van der Waals surface area contributed by atoms with Gasteiger partial charge >= 0.3 is 11.9 Å². The molecular formula is C12H18O4Y. The van der Waals surface area contributed by atoms with Crippen LogP contribution in [0.25, 0.3) is 0 Å². The minimum Gasteiger partial charge on any atom is -0.481 e. The molecule has 93 valence electrons. The number of carbonyl (C=O) groups is 2. The molecule has 0 aromatic rings. The summed E-state index contributed by atoms with van der Waals surface area (Å²) in [5.74, 6) is -1.02. The molecule has 1 unspecified atom stereocenters.